The number of alkyl halides is 3. The highest BCUT2D eigenvalue weighted by molar-refractivity contribution is 7.89. The summed E-state index contributed by atoms with van der Waals surface area (Å²) in [6.45, 7) is 1.67. The summed E-state index contributed by atoms with van der Waals surface area (Å²) in [5.74, 6) is 0. The van der Waals surface area contributed by atoms with Crippen molar-refractivity contribution in [3.63, 3.8) is 0 Å². The van der Waals surface area contributed by atoms with Crippen LogP contribution < -0.4 is 10.2 Å². The van der Waals surface area contributed by atoms with Gasteiger partial charge in [-0.1, -0.05) is 19.1 Å². The Morgan fingerprint density at radius 3 is 2.65 bits per heavy atom. The van der Waals surface area contributed by atoms with Crippen LogP contribution in [0.3, 0.4) is 0 Å². The van der Waals surface area contributed by atoms with E-state index in [1.54, 1.807) is 25.6 Å². The van der Waals surface area contributed by atoms with Gasteiger partial charge >= 0.3 is 15.5 Å². The number of rotatable bonds is 5. The molecule has 1 aliphatic carbocycles. The first kappa shape index (κ1) is 21.7. The van der Waals surface area contributed by atoms with E-state index < -0.39 is 27.0 Å². The lowest BCUT2D eigenvalue weighted by Gasteiger charge is -2.47. The number of hydrogen-bond acceptors (Lipinski definition) is 5. The number of benzene rings is 1. The smallest absolute Gasteiger partial charge is 0.388 e. The molecule has 2 heterocycles. The third-order valence-electron chi connectivity index (χ3n) is 6.12. The average molecular weight is 456 g/mol. The Labute approximate surface area is 179 Å². The summed E-state index contributed by atoms with van der Waals surface area (Å²) in [7, 11) is -3.80. The molecule has 1 aromatic heterocycles. The highest BCUT2D eigenvalue weighted by atomic mass is 32.2. The molecule has 168 valence electrons. The maximum atomic E-state index is 13.5. The summed E-state index contributed by atoms with van der Waals surface area (Å²) >= 11 is 0. The zero-order chi connectivity index (χ0) is 22.4. The first-order chi connectivity index (χ1) is 14.5. The topological polar surface area (TPSA) is 81.3 Å². The molecule has 31 heavy (non-hydrogen) atoms. The molecule has 0 amide bonds. The van der Waals surface area contributed by atoms with Crippen LogP contribution in [0.5, 0.6) is 0 Å². The zero-order valence-corrected chi connectivity index (χ0v) is 18.0. The number of halogens is 3. The molecule has 1 aromatic carbocycles. The fraction of sp³-hybridized carbons (Fsp3) is 0.450. The molecule has 2 aliphatic rings. The highest BCUT2D eigenvalue weighted by Gasteiger charge is 2.53. The van der Waals surface area contributed by atoms with E-state index in [2.05, 4.69) is 15.3 Å². The molecular weight excluding hydrogens is 431 g/mol. The number of hydrogen-bond donors (Lipinski definition) is 2. The Bertz CT molecular complexity index is 1080. The molecule has 0 saturated heterocycles. The van der Waals surface area contributed by atoms with Crippen LogP contribution in [0.1, 0.15) is 24.6 Å². The molecule has 2 aromatic rings. The van der Waals surface area contributed by atoms with E-state index in [1.165, 1.54) is 0 Å². The predicted molar refractivity (Wildman–Crippen MR) is 112 cm³/mol. The third-order valence-corrected chi connectivity index (χ3v) is 7.67. The fourth-order valence-electron chi connectivity index (χ4n) is 4.24. The second kappa shape index (κ2) is 7.56. The number of fused-ring (bicyclic) bond motifs is 1. The van der Waals surface area contributed by atoms with E-state index in [0.717, 1.165) is 5.69 Å². The molecular formula is C20H24F3N5O2S. The van der Waals surface area contributed by atoms with Crippen LogP contribution in [-0.2, 0) is 23.1 Å². The zero-order valence-electron chi connectivity index (χ0n) is 17.1. The van der Waals surface area contributed by atoms with Crippen LogP contribution in [0, 0.1) is 5.41 Å². The van der Waals surface area contributed by atoms with Gasteiger partial charge in [-0.15, -0.1) is 0 Å². The van der Waals surface area contributed by atoms with E-state index in [1.807, 2.05) is 36.1 Å². The van der Waals surface area contributed by atoms with Crippen molar-refractivity contribution in [3.05, 3.63) is 54.1 Å². The van der Waals surface area contributed by atoms with E-state index in [9.17, 15) is 21.6 Å². The summed E-state index contributed by atoms with van der Waals surface area (Å²) in [6, 6.07) is 4.87. The molecule has 0 spiro atoms. The second-order valence-electron chi connectivity index (χ2n) is 8.17. The van der Waals surface area contributed by atoms with Gasteiger partial charge in [-0.25, -0.2) is 13.4 Å². The lowest BCUT2D eigenvalue weighted by molar-refractivity contribution is -0.0494. The maximum absolute atomic E-state index is 13.5. The molecule has 0 saturated carbocycles. The summed E-state index contributed by atoms with van der Waals surface area (Å²) in [5.41, 5.74) is -3.14. The van der Waals surface area contributed by atoms with Crippen molar-refractivity contribution in [1.82, 2.24) is 14.3 Å². The van der Waals surface area contributed by atoms with E-state index in [4.69, 9.17) is 0 Å². The molecule has 1 aliphatic heterocycles. The maximum Gasteiger partial charge on any atom is 0.511 e. The number of aromatic nitrogens is 2. The van der Waals surface area contributed by atoms with Crippen LogP contribution in [0.4, 0.5) is 24.5 Å². The van der Waals surface area contributed by atoms with Gasteiger partial charge in [0.25, 0.3) is 0 Å². The summed E-state index contributed by atoms with van der Waals surface area (Å²) in [5, 5.41) is 2.97. The third kappa shape index (κ3) is 3.80. The summed E-state index contributed by atoms with van der Waals surface area (Å²) in [6.07, 6.45) is 7.75. The van der Waals surface area contributed by atoms with Crippen LogP contribution in [0.2, 0.25) is 0 Å². The molecule has 0 bridgehead atoms. The standard InChI is InChI=1S/C20H24F3N5O2S/c1-19(6-3-7-19)18-12-27(31(29,30)20(21,22)23)10-14-8-15(24-2)4-5-17(14)28(18)11-16-9-25-13-26-16/h3-6,8-9,13,18,24H,7,10-12H2,1-2H3,(H,25,26). The quantitative estimate of drug-likeness (QED) is 0.675. The monoisotopic (exact) mass is 455 g/mol. The Morgan fingerprint density at radius 1 is 1.35 bits per heavy atom. The minimum atomic E-state index is -5.51. The Kier molecular flexibility index (Phi) is 5.29. The number of H-pyrrole nitrogens is 1. The molecule has 2 unspecified atom stereocenters. The van der Waals surface area contributed by atoms with Crippen molar-refractivity contribution in [2.24, 2.45) is 5.41 Å². The van der Waals surface area contributed by atoms with E-state index in [0.29, 0.717) is 34.2 Å². The lowest BCUT2D eigenvalue weighted by Crippen LogP contribution is -2.54. The van der Waals surface area contributed by atoms with Crippen molar-refractivity contribution < 1.29 is 21.6 Å². The van der Waals surface area contributed by atoms with Gasteiger partial charge < -0.3 is 15.2 Å². The number of imidazole rings is 1. The number of nitrogens with zero attached hydrogens (tertiary/aromatic N) is 3. The first-order valence-electron chi connectivity index (χ1n) is 9.84. The van der Waals surface area contributed by atoms with Crippen molar-refractivity contribution >= 4 is 21.4 Å². The van der Waals surface area contributed by atoms with Crippen LogP contribution in [0.15, 0.2) is 42.9 Å². The molecule has 2 atom stereocenters. The minimum Gasteiger partial charge on any atom is -0.388 e. The van der Waals surface area contributed by atoms with Gasteiger partial charge in [0.1, 0.15) is 0 Å². The first-order valence-corrected chi connectivity index (χ1v) is 11.3. The largest absolute Gasteiger partial charge is 0.511 e. The Morgan fingerprint density at radius 2 is 2.10 bits per heavy atom. The van der Waals surface area contributed by atoms with Gasteiger partial charge in [0.2, 0.25) is 0 Å². The number of anilines is 2. The van der Waals surface area contributed by atoms with Gasteiger partial charge in [-0.2, -0.15) is 17.5 Å². The summed E-state index contributed by atoms with van der Waals surface area (Å²) in [4.78, 5) is 9.08. The average Bonchev–Trinajstić information content (AvgIpc) is 3.14. The van der Waals surface area contributed by atoms with Crippen molar-refractivity contribution in [2.45, 2.75) is 38.0 Å². The molecule has 2 N–H and O–H groups in total. The van der Waals surface area contributed by atoms with Crippen LogP contribution in [-0.4, -0.2) is 47.8 Å². The van der Waals surface area contributed by atoms with Crippen molar-refractivity contribution in [1.29, 1.82) is 0 Å². The van der Waals surface area contributed by atoms with Gasteiger partial charge in [0.15, 0.2) is 0 Å². The number of allylic oxidation sites excluding steroid dienone is 1. The Hall–Kier alpha value is -2.53. The minimum absolute atomic E-state index is 0.277. The predicted octanol–water partition coefficient (Wildman–Crippen LogP) is 3.46. The summed E-state index contributed by atoms with van der Waals surface area (Å²) < 4.78 is 66.0. The highest BCUT2D eigenvalue weighted by Crippen LogP contribution is 2.45. The molecule has 0 radical (unpaired) electrons. The number of sulfonamides is 1. The number of aromatic amines is 1. The SMILES string of the molecule is CNc1ccc2c(c1)CN(S(=O)(=O)C(F)(F)F)CC(C1(C)C=CC1)N2Cc1cnc[nH]1. The van der Waals surface area contributed by atoms with Gasteiger partial charge in [0.05, 0.1) is 24.6 Å². The van der Waals surface area contributed by atoms with E-state index >= 15 is 0 Å². The molecule has 7 nitrogen and oxygen atoms in total. The second-order valence-corrected chi connectivity index (χ2v) is 10.1. The number of nitrogens with one attached hydrogen (secondary N) is 2. The Balaban J connectivity index is 1.87. The van der Waals surface area contributed by atoms with Crippen molar-refractivity contribution in [2.75, 3.05) is 23.8 Å². The molecule has 4 rings (SSSR count). The molecule has 0 fully saturated rings. The van der Waals surface area contributed by atoms with E-state index in [-0.39, 0.29) is 13.1 Å². The molecule has 11 heteroatoms. The van der Waals surface area contributed by atoms with Gasteiger partial charge in [-0.05, 0) is 30.2 Å². The van der Waals surface area contributed by atoms with Gasteiger partial charge in [0, 0.05) is 43.1 Å². The van der Waals surface area contributed by atoms with Gasteiger partial charge in [-0.3, -0.25) is 0 Å². The lowest BCUT2D eigenvalue weighted by atomic mass is 9.71. The normalized spacial score (nSPS) is 24.4. The van der Waals surface area contributed by atoms with Crippen molar-refractivity contribution in [3.8, 4) is 0 Å². The fourth-order valence-corrected chi connectivity index (χ4v) is 5.18. The van der Waals surface area contributed by atoms with Crippen LogP contribution in [0.25, 0.3) is 0 Å². The van der Waals surface area contributed by atoms with Crippen LogP contribution >= 0.6 is 0 Å².